The summed E-state index contributed by atoms with van der Waals surface area (Å²) in [4.78, 5) is 0. The second-order valence-corrected chi connectivity index (χ2v) is 5.68. The fraction of sp³-hybridized carbons (Fsp3) is 0.294. The van der Waals surface area contributed by atoms with Gasteiger partial charge in [-0.25, -0.2) is 4.39 Å². The average molecular weight is 358 g/mol. The maximum absolute atomic E-state index is 13.8. The number of rotatable bonds is 7. The molecule has 0 fully saturated rings. The lowest BCUT2D eigenvalue weighted by Gasteiger charge is -2.15. The highest BCUT2D eigenvalue weighted by Gasteiger charge is 2.13. The Bertz CT molecular complexity index is 660. The van der Waals surface area contributed by atoms with Gasteiger partial charge in [0.2, 0.25) is 0 Å². The minimum atomic E-state index is -0.411. The number of hydrogen-bond donors (Lipinski definition) is 1. The number of halogens is 3. The van der Waals surface area contributed by atoms with Crippen LogP contribution in [0.1, 0.15) is 18.1 Å². The fourth-order valence-electron chi connectivity index (χ4n) is 2.06. The summed E-state index contributed by atoms with van der Waals surface area (Å²) in [6, 6.07) is 7.99. The molecule has 0 aliphatic heterocycles. The van der Waals surface area contributed by atoms with Gasteiger partial charge in [0.05, 0.1) is 12.1 Å². The van der Waals surface area contributed by atoms with E-state index in [1.54, 1.807) is 25.3 Å². The van der Waals surface area contributed by atoms with Crippen LogP contribution in [0.25, 0.3) is 0 Å². The Morgan fingerprint density at radius 3 is 2.57 bits per heavy atom. The van der Waals surface area contributed by atoms with Crippen molar-refractivity contribution >= 4 is 23.2 Å². The summed E-state index contributed by atoms with van der Waals surface area (Å²) in [6.07, 6.45) is 0. The highest BCUT2D eigenvalue weighted by Crippen LogP contribution is 2.34. The van der Waals surface area contributed by atoms with E-state index in [2.05, 4.69) is 5.32 Å². The fourth-order valence-corrected chi connectivity index (χ4v) is 2.50. The molecule has 2 aromatic carbocycles. The zero-order valence-electron chi connectivity index (χ0n) is 13.0. The first-order valence-corrected chi connectivity index (χ1v) is 7.95. The van der Waals surface area contributed by atoms with Crippen LogP contribution in [0.3, 0.4) is 0 Å². The van der Waals surface area contributed by atoms with Gasteiger partial charge in [-0.3, -0.25) is 0 Å². The molecule has 0 aromatic heterocycles. The average Bonchev–Trinajstić information content (AvgIpc) is 2.53. The highest BCUT2D eigenvalue weighted by molar-refractivity contribution is 6.31. The Kier molecular flexibility index (Phi) is 6.51. The van der Waals surface area contributed by atoms with Gasteiger partial charge in [-0.2, -0.15) is 0 Å². The molecule has 1 N–H and O–H groups in total. The van der Waals surface area contributed by atoms with Crippen LogP contribution >= 0.6 is 23.2 Å². The van der Waals surface area contributed by atoms with Crippen LogP contribution in [0.5, 0.6) is 11.5 Å². The van der Waals surface area contributed by atoms with Gasteiger partial charge in [-0.05, 0) is 30.3 Å². The maximum atomic E-state index is 13.8. The van der Waals surface area contributed by atoms with E-state index >= 15 is 0 Å². The van der Waals surface area contributed by atoms with Gasteiger partial charge in [0, 0.05) is 23.2 Å². The molecule has 124 valence electrons. The molecule has 0 heterocycles. The van der Waals surface area contributed by atoms with Crippen molar-refractivity contribution in [1.82, 2.24) is 5.32 Å². The normalized spacial score (nSPS) is 10.7. The van der Waals surface area contributed by atoms with E-state index in [4.69, 9.17) is 32.7 Å². The Morgan fingerprint density at radius 1 is 1.13 bits per heavy atom. The highest BCUT2D eigenvalue weighted by atomic mass is 35.5. The van der Waals surface area contributed by atoms with Crippen LogP contribution < -0.4 is 14.8 Å². The van der Waals surface area contributed by atoms with Crippen molar-refractivity contribution in [1.29, 1.82) is 0 Å². The Hall–Kier alpha value is -1.49. The van der Waals surface area contributed by atoms with Gasteiger partial charge in [-0.15, -0.1) is 0 Å². The standard InChI is InChI=1S/C17H18Cl2FNO2/c1-3-21-9-11-7-16(22-2)17(8-14(11)19)23-10-12-13(18)5-4-6-15(12)20/h4-8,21H,3,9-10H2,1-2H3. The maximum Gasteiger partial charge on any atom is 0.163 e. The van der Waals surface area contributed by atoms with Crippen molar-refractivity contribution in [3.63, 3.8) is 0 Å². The smallest absolute Gasteiger partial charge is 0.163 e. The lowest BCUT2D eigenvalue weighted by molar-refractivity contribution is 0.279. The van der Waals surface area contributed by atoms with E-state index in [0.717, 1.165) is 12.1 Å². The third-order valence-electron chi connectivity index (χ3n) is 3.33. The second-order valence-electron chi connectivity index (χ2n) is 4.86. The van der Waals surface area contributed by atoms with Crippen LogP contribution in [0.2, 0.25) is 10.0 Å². The van der Waals surface area contributed by atoms with Crippen molar-refractivity contribution in [3.8, 4) is 11.5 Å². The predicted molar refractivity (Wildman–Crippen MR) is 91.1 cm³/mol. The van der Waals surface area contributed by atoms with E-state index in [0.29, 0.717) is 33.7 Å². The van der Waals surface area contributed by atoms with Gasteiger partial charge in [0.25, 0.3) is 0 Å². The summed E-state index contributed by atoms with van der Waals surface area (Å²) < 4.78 is 24.8. The number of nitrogens with one attached hydrogen (secondary N) is 1. The largest absolute Gasteiger partial charge is 0.493 e. The topological polar surface area (TPSA) is 30.5 Å². The molecule has 0 spiro atoms. The van der Waals surface area contributed by atoms with Crippen molar-refractivity contribution in [2.45, 2.75) is 20.1 Å². The lowest BCUT2D eigenvalue weighted by atomic mass is 10.2. The predicted octanol–water partition coefficient (Wildman–Crippen LogP) is 4.83. The molecular weight excluding hydrogens is 340 g/mol. The molecule has 0 unspecified atom stereocenters. The molecule has 0 saturated carbocycles. The lowest BCUT2D eigenvalue weighted by Crippen LogP contribution is -2.12. The van der Waals surface area contributed by atoms with Gasteiger partial charge in [0.15, 0.2) is 11.5 Å². The molecule has 0 atom stereocenters. The Labute approximate surface area is 145 Å². The van der Waals surface area contributed by atoms with Crippen LogP contribution in [0.15, 0.2) is 30.3 Å². The van der Waals surface area contributed by atoms with Crippen LogP contribution in [0, 0.1) is 5.82 Å². The minimum absolute atomic E-state index is 0.00917. The molecule has 0 amide bonds. The van der Waals surface area contributed by atoms with E-state index in [1.807, 2.05) is 13.0 Å². The molecule has 0 radical (unpaired) electrons. The van der Waals surface area contributed by atoms with Gasteiger partial charge >= 0.3 is 0 Å². The monoisotopic (exact) mass is 357 g/mol. The van der Waals surface area contributed by atoms with E-state index < -0.39 is 5.82 Å². The molecule has 2 aromatic rings. The van der Waals surface area contributed by atoms with Gasteiger partial charge in [0.1, 0.15) is 12.4 Å². The second kappa shape index (κ2) is 8.39. The molecule has 6 heteroatoms. The van der Waals surface area contributed by atoms with Crippen LogP contribution in [-0.4, -0.2) is 13.7 Å². The molecule has 3 nitrogen and oxygen atoms in total. The van der Waals surface area contributed by atoms with Crippen molar-refractivity contribution < 1.29 is 13.9 Å². The number of methoxy groups -OCH3 is 1. The quantitative estimate of drug-likeness (QED) is 0.769. The summed E-state index contributed by atoms with van der Waals surface area (Å²) in [7, 11) is 1.54. The summed E-state index contributed by atoms with van der Waals surface area (Å²) >= 11 is 12.3. The first kappa shape index (κ1) is 17.9. The van der Waals surface area contributed by atoms with E-state index in [9.17, 15) is 4.39 Å². The van der Waals surface area contributed by atoms with Gasteiger partial charge in [-0.1, -0.05) is 36.2 Å². The molecule has 0 bridgehead atoms. The number of hydrogen-bond acceptors (Lipinski definition) is 3. The molecule has 2 rings (SSSR count). The molecule has 0 aliphatic carbocycles. The third kappa shape index (κ3) is 4.50. The van der Waals surface area contributed by atoms with E-state index in [1.165, 1.54) is 6.07 Å². The number of benzene rings is 2. The van der Waals surface area contributed by atoms with Crippen molar-refractivity contribution in [2.24, 2.45) is 0 Å². The van der Waals surface area contributed by atoms with E-state index in [-0.39, 0.29) is 6.61 Å². The van der Waals surface area contributed by atoms with Crippen LogP contribution in [0.4, 0.5) is 4.39 Å². The zero-order chi connectivity index (χ0) is 16.8. The summed E-state index contributed by atoms with van der Waals surface area (Å²) in [5, 5.41) is 4.08. The zero-order valence-corrected chi connectivity index (χ0v) is 14.5. The number of ether oxygens (including phenoxy) is 2. The van der Waals surface area contributed by atoms with Crippen molar-refractivity contribution in [3.05, 3.63) is 57.3 Å². The summed E-state index contributed by atoms with van der Waals surface area (Å²) in [5.74, 6) is 0.568. The van der Waals surface area contributed by atoms with Crippen molar-refractivity contribution in [2.75, 3.05) is 13.7 Å². The molecule has 23 heavy (non-hydrogen) atoms. The molecule has 0 saturated heterocycles. The first-order chi connectivity index (χ1) is 11.1. The summed E-state index contributed by atoms with van der Waals surface area (Å²) in [5.41, 5.74) is 1.20. The minimum Gasteiger partial charge on any atom is -0.493 e. The molecule has 0 aliphatic rings. The summed E-state index contributed by atoms with van der Waals surface area (Å²) in [6.45, 7) is 3.47. The third-order valence-corrected chi connectivity index (χ3v) is 4.04. The Morgan fingerprint density at radius 2 is 1.91 bits per heavy atom. The van der Waals surface area contributed by atoms with Gasteiger partial charge < -0.3 is 14.8 Å². The Balaban J connectivity index is 2.21. The first-order valence-electron chi connectivity index (χ1n) is 7.19. The van der Waals surface area contributed by atoms with Crippen LogP contribution in [-0.2, 0) is 13.2 Å². The molecular formula is C17H18Cl2FNO2. The SMILES string of the molecule is CCNCc1cc(OC)c(OCc2c(F)cccc2Cl)cc1Cl.